The van der Waals surface area contributed by atoms with Gasteiger partial charge >= 0.3 is 0 Å². The first-order valence-electron chi connectivity index (χ1n) is 11.6. The maximum atomic E-state index is 13.4. The molecule has 0 bridgehead atoms. The molecule has 2 aromatic carbocycles. The van der Waals surface area contributed by atoms with Crippen molar-refractivity contribution in [3.8, 4) is 11.5 Å². The topological polar surface area (TPSA) is 67.9 Å². The Morgan fingerprint density at radius 3 is 2.33 bits per heavy atom. The van der Waals surface area contributed by atoms with E-state index in [1.165, 1.54) is 0 Å². The van der Waals surface area contributed by atoms with Crippen LogP contribution in [0.15, 0.2) is 42.5 Å². The molecule has 33 heavy (non-hydrogen) atoms. The van der Waals surface area contributed by atoms with E-state index < -0.39 is 6.04 Å². The Labute approximate surface area is 201 Å². The van der Waals surface area contributed by atoms with Crippen LogP contribution in [0.4, 0.5) is 0 Å². The molecular formula is C26H33ClN2O4. The molecule has 0 spiro atoms. The number of carbonyl (C=O) groups excluding carboxylic acids is 2. The van der Waals surface area contributed by atoms with Gasteiger partial charge in [-0.2, -0.15) is 0 Å². The van der Waals surface area contributed by atoms with Gasteiger partial charge in [0.25, 0.3) is 0 Å². The third kappa shape index (κ3) is 6.87. The second-order valence-corrected chi connectivity index (χ2v) is 8.80. The van der Waals surface area contributed by atoms with E-state index in [2.05, 4.69) is 5.32 Å². The van der Waals surface area contributed by atoms with E-state index in [0.29, 0.717) is 49.8 Å². The maximum Gasteiger partial charge on any atom is 0.243 e. The number of halogens is 1. The molecule has 0 unspecified atom stereocenters. The van der Waals surface area contributed by atoms with Gasteiger partial charge in [-0.1, -0.05) is 43.6 Å². The van der Waals surface area contributed by atoms with Crippen LogP contribution in [0.3, 0.4) is 0 Å². The molecule has 0 saturated heterocycles. The summed E-state index contributed by atoms with van der Waals surface area (Å²) in [6.07, 6.45) is 2.21. The van der Waals surface area contributed by atoms with Gasteiger partial charge in [0, 0.05) is 24.0 Å². The first-order chi connectivity index (χ1) is 15.9. The average Bonchev–Trinajstić information content (AvgIpc) is 2.83. The van der Waals surface area contributed by atoms with Crippen LogP contribution < -0.4 is 14.8 Å². The number of nitrogens with zero attached hydrogens (tertiary/aromatic N) is 1. The number of amides is 2. The fourth-order valence-electron chi connectivity index (χ4n) is 3.79. The van der Waals surface area contributed by atoms with E-state index in [1.807, 2.05) is 51.1 Å². The minimum absolute atomic E-state index is 0.0525. The molecule has 178 valence electrons. The van der Waals surface area contributed by atoms with E-state index in [-0.39, 0.29) is 17.9 Å². The van der Waals surface area contributed by atoms with Crippen LogP contribution in [0.25, 0.3) is 0 Å². The number of hydrogen-bond acceptors (Lipinski definition) is 4. The number of hydrogen-bond donors (Lipinski definition) is 1. The molecule has 1 aliphatic rings. The van der Waals surface area contributed by atoms with E-state index in [9.17, 15) is 9.59 Å². The zero-order valence-corrected chi connectivity index (χ0v) is 20.4. The average molecular weight is 473 g/mol. The summed E-state index contributed by atoms with van der Waals surface area (Å²) in [6, 6.07) is 12.7. The molecule has 1 aliphatic heterocycles. The number of carbonyl (C=O) groups is 2. The van der Waals surface area contributed by atoms with Crippen LogP contribution >= 0.6 is 11.6 Å². The van der Waals surface area contributed by atoms with Gasteiger partial charge in [0.15, 0.2) is 11.5 Å². The maximum absolute atomic E-state index is 13.4. The standard InChI is InChI=1S/C26H33ClN2O4/c1-4-18(3)28-26(31)22(5-2)29(17-20-6-10-21(27)11-7-20)25(30)13-9-19-8-12-23-24(16-19)33-15-14-32-23/h6-8,10-12,16,18,22H,4-5,9,13-15,17H2,1-3H3,(H,28,31)/t18-,22-/m1/s1. The molecule has 7 heteroatoms. The highest BCUT2D eigenvalue weighted by Gasteiger charge is 2.29. The molecule has 2 amide bonds. The van der Waals surface area contributed by atoms with E-state index in [4.69, 9.17) is 21.1 Å². The fourth-order valence-corrected chi connectivity index (χ4v) is 3.91. The highest BCUT2D eigenvalue weighted by molar-refractivity contribution is 6.30. The Bertz CT molecular complexity index is 948. The van der Waals surface area contributed by atoms with Gasteiger partial charge in [0.05, 0.1) is 0 Å². The Morgan fingerprint density at radius 1 is 1.00 bits per heavy atom. The lowest BCUT2D eigenvalue weighted by atomic mass is 10.0. The summed E-state index contributed by atoms with van der Waals surface area (Å²) in [5, 5.41) is 3.67. The second kappa shape index (κ2) is 11.9. The van der Waals surface area contributed by atoms with Gasteiger partial charge in [-0.05, 0) is 61.6 Å². The number of benzene rings is 2. The van der Waals surface area contributed by atoms with Crippen molar-refractivity contribution in [2.75, 3.05) is 13.2 Å². The Kier molecular flexibility index (Phi) is 9.01. The Morgan fingerprint density at radius 2 is 1.67 bits per heavy atom. The normalized spacial score (nSPS) is 14.3. The molecule has 0 fully saturated rings. The number of ether oxygens (including phenoxy) is 2. The molecule has 0 saturated carbocycles. The summed E-state index contributed by atoms with van der Waals surface area (Å²) in [5.41, 5.74) is 1.93. The van der Waals surface area contributed by atoms with Crippen molar-refractivity contribution in [1.82, 2.24) is 10.2 Å². The van der Waals surface area contributed by atoms with Crippen molar-refractivity contribution < 1.29 is 19.1 Å². The number of rotatable bonds is 10. The summed E-state index contributed by atoms with van der Waals surface area (Å²) in [7, 11) is 0. The van der Waals surface area contributed by atoms with Crippen LogP contribution in [-0.4, -0.2) is 42.0 Å². The zero-order chi connectivity index (χ0) is 23.8. The molecule has 0 radical (unpaired) electrons. The van der Waals surface area contributed by atoms with Crippen LogP contribution in [0.2, 0.25) is 5.02 Å². The van der Waals surface area contributed by atoms with Gasteiger partial charge in [-0.15, -0.1) is 0 Å². The van der Waals surface area contributed by atoms with Crippen molar-refractivity contribution in [3.05, 3.63) is 58.6 Å². The SMILES string of the molecule is CC[C@@H](C)NC(=O)[C@@H](CC)N(Cc1ccc(Cl)cc1)C(=O)CCc1ccc2c(c1)OCCO2. The summed E-state index contributed by atoms with van der Waals surface area (Å²) < 4.78 is 11.2. The third-order valence-electron chi connectivity index (χ3n) is 5.89. The minimum atomic E-state index is -0.539. The first-order valence-corrected chi connectivity index (χ1v) is 12.0. The first kappa shape index (κ1) is 24.9. The molecular weight excluding hydrogens is 440 g/mol. The second-order valence-electron chi connectivity index (χ2n) is 8.37. The summed E-state index contributed by atoms with van der Waals surface area (Å²) in [5.74, 6) is 1.26. The molecule has 6 nitrogen and oxygen atoms in total. The molecule has 0 aliphatic carbocycles. The molecule has 1 N–H and O–H groups in total. The largest absolute Gasteiger partial charge is 0.486 e. The van der Waals surface area contributed by atoms with Crippen LogP contribution in [0.1, 0.15) is 51.2 Å². The summed E-state index contributed by atoms with van der Waals surface area (Å²) in [4.78, 5) is 28.1. The monoisotopic (exact) mass is 472 g/mol. The Balaban J connectivity index is 1.75. The Hall–Kier alpha value is -2.73. The lowest BCUT2D eigenvalue weighted by molar-refractivity contribution is -0.141. The lowest BCUT2D eigenvalue weighted by Gasteiger charge is -2.31. The minimum Gasteiger partial charge on any atom is -0.486 e. The van der Waals surface area contributed by atoms with Crippen LogP contribution in [-0.2, 0) is 22.6 Å². The van der Waals surface area contributed by atoms with Crippen LogP contribution in [0.5, 0.6) is 11.5 Å². The molecule has 2 atom stereocenters. The third-order valence-corrected chi connectivity index (χ3v) is 6.14. The van der Waals surface area contributed by atoms with Crippen LogP contribution in [0, 0.1) is 0 Å². The van der Waals surface area contributed by atoms with Crippen molar-refractivity contribution in [3.63, 3.8) is 0 Å². The number of nitrogens with one attached hydrogen (secondary N) is 1. The summed E-state index contributed by atoms with van der Waals surface area (Å²) >= 11 is 6.03. The van der Waals surface area contributed by atoms with Gasteiger partial charge in [-0.25, -0.2) is 0 Å². The predicted molar refractivity (Wildman–Crippen MR) is 130 cm³/mol. The van der Waals surface area contributed by atoms with Crippen molar-refractivity contribution in [2.45, 2.75) is 65.1 Å². The smallest absolute Gasteiger partial charge is 0.243 e. The van der Waals surface area contributed by atoms with Gasteiger partial charge in [0.1, 0.15) is 19.3 Å². The van der Waals surface area contributed by atoms with Crippen molar-refractivity contribution >= 4 is 23.4 Å². The van der Waals surface area contributed by atoms with E-state index in [0.717, 1.165) is 23.3 Å². The van der Waals surface area contributed by atoms with Gasteiger partial charge in [-0.3, -0.25) is 9.59 Å². The predicted octanol–water partition coefficient (Wildman–Crippen LogP) is 4.77. The molecule has 0 aromatic heterocycles. The molecule has 1 heterocycles. The highest BCUT2D eigenvalue weighted by Crippen LogP contribution is 2.31. The molecule has 3 rings (SSSR count). The lowest BCUT2D eigenvalue weighted by Crippen LogP contribution is -2.50. The molecule has 2 aromatic rings. The highest BCUT2D eigenvalue weighted by atomic mass is 35.5. The van der Waals surface area contributed by atoms with Crippen molar-refractivity contribution in [1.29, 1.82) is 0 Å². The van der Waals surface area contributed by atoms with Crippen molar-refractivity contribution in [2.24, 2.45) is 0 Å². The number of fused-ring (bicyclic) bond motifs is 1. The summed E-state index contributed by atoms with van der Waals surface area (Å²) in [6.45, 7) is 7.34. The van der Waals surface area contributed by atoms with E-state index in [1.54, 1.807) is 17.0 Å². The zero-order valence-electron chi connectivity index (χ0n) is 19.6. The van der Waals surface area contributed by atoms with E-state index >= 15 is 0 Å². The fraction of sp³-hybridized carbons (Fsp3) is 0.462. The van der Waals surface area contributed by atoms with Gasteiger partial charge < -0.3 is 19.7 Å². The van der Waals surface area contributed by atoms with Gasteiger partial charge in [0.2, 0.25) is 11.8 Å². The quantitative estimate of drug-likeness (QED) is 0.541. The number of aryl methyl sites for hydroxylation is 1.